The van der Waals surface area contributed by atoms with E-state index >= 15 is 0 Å². The first kappa shape index (κ1) is 8.94. The van der Waals surface area contributed by atoms with Gasteiger partial charge in [0.15, 0.2) is 5.78 Å². The van der Waals surface area contributed by atoms with Gasteiger partial charge in [0.05, 0.1) is 0 Å². The molecule has 0 aliphatic rings. The van der Waals surface area contributed by atoms with Gasteiger partial charge in [-0.25, -0.2) is 4.98 Å². The number of hydrogen-bond acceptors (Lipinski definition) is 2. The van der Waals surface area contributed by atoms with E-state index in [4.69, 9.17) is 0 Å². The van der Waals surface area contributed by atoms with Gasteiger partial charge in [-0.3, -0.25) is 4.79 Å². The van der Waals surface area contributed by atoms with E-state index in [2.05, 4.69) is 4.98 Å². The van der Waals surface area contributed by atoms with E-state index in [0.717, 1.165) is 11.2 Å². The third kappa shape index (κ3) is 1.41. The SMILES string of the molecule is CCC(=O)c1cn2ccc(C)cc2n1. The van der Waals surface area contributed by atoms with Crippen molar-refractivity contribution in [2.24, 2.45) is 0 Å². The lowest BCUT2D eigenvalue weighted by Crippen LogP contribution is -1.95. The Morgan fingerprint density at radius 1 is 1.57 bits per heavy atom. The number of imidazole rings is 1. The molecule has 2 rings (SSSR count). The quantitative estimate of drug-likeness (QED) is 0.677. The maximum atomic E-state index is 11.4. The monoisotopic (exact) mass is 188 g/mol. The summed E-state index contributed by atoms with van der Waals surface area (Å²) in [4.78, 5) is 15.6. The Kier molecular flexibility index (Phi) is 2.08. The van der Waals surface area contributed by atoms with E-state index in [1.54, 1.807) is 6.20 Å². The Balaban J connectivity index is 2.56. The maximum Gasteiger partial charge on any atom is 0.182 e. The number of carbonyl (C=O) groups excluding carboxylic acids is 1. The summed E-state index contributed by atoms with van der Waals surface area (Å²) in [6, 6.07) is 3.96. The third-order valence-corrected chi connectivity index (χ3v) is 2.22. The van der Waals surface area contributed by atoms with Crippen molar-refractivity contribution < 1.29 is 4.79 Å². The number of aromatic nitrogens is 2. The first-order chi connectivity index (χ1) is 6.70. The van der Waals surface area contributed by atoms with Gasteiger partial charge < -0.3 is 4.40 Å². The summed E-state index contributed by atoms with van der Waals surface area (Å²) in [5, 5.41) is 0. The molecule has 0 amide bonds. The molecule has 0 aliphatic carbocycles. The lowest BCUT2D eigenvalue weighted by atomic mass is 10.2. The molecule has 0 saturated carbocycles. The van der Waals surface area contributed by atoms with Gasteiger partial charge in [-0.05, 0) is 24.6 Å². The molecule has 3 nitrogen and oxygen atoms in total. The van der Waals surface area contributed by atoms with Gasteiger partial charge in [-0.2, -0.15) is 0 Å². The predicted octanol–water partition coefficient (Wildman–Crippen LogP) is 2.24. The number of hydrogen-bond donors (Lipinski definition) is 0. The molecule has 0 bridgehead atoms. The standard InChI is InChI=1S/C11H12N2O/c1-3-10(14)9-7-13-5-4-8(2)6-11(13)12-9/h4-7H,3H2,1-2H3. The van der Waals surface area contributed by atoms with Crippen LogP contribution in [0.4, 0.5) is 0 Å². The third-order valence-electron chi connectivity index (χ3n) is 2.22. The Hall–Kier alpha value is -1.64. The van der Waals surface area contributed by atoms with E-state index < -0.39 is 0 Å². The van der Waals surface area contributed by atoms with Crippen molar-refractivity contribution in [2.75, 3.05) is 0 Å². The van der Waals surface area contributed by atoms with Crippen LogP contribution in [-0.4, -0.2) is 15.2 Å². The lowest BCUT2D eigenvalue weighted by Gasteiger charge is -1.92. The Morgan fingerprint density at radius 3 is 3.07 bits per heavy atom. The maximum absolute atomic E-state index is 11.4. The average molecular weight is 188 g/mol. The van der Waals surface area contributed by atoms with E-state index in [0.29, 0.717) is 12.1 Å². The highest BCUT2D eigenvalue weighted by Gasteiger charge is 2.07. The molecule has 0 aliphatic heterocycles. The highest BCUT2D eigenvalue weighted by Crippen LogP contribution is 2.08. The highest BCUT2D eigenvalue weighted by atomic mass is 16.1. The van der Waals surface area contributed by atoms with Gasteiger partial charge in [0.1, 0.15) is 11.3 Å². The van der Waals surface area contributed by atoms with E-state index in [9.17, 15) is 4.79 Å². The molecular weight excluding hydrogens is 176 g/mol. The predicted molar refractivity (Wildman–Crippen MR) is 54.6 cm³/mol. The molecule has 0 fully saturated rings. The van der Waals surface area contributed by atoms with Gasteiger partial charge in [-0.1, -0.05) is 6.92 Å². The number of Topliss-reactive ketones (excluding diaryl/α,β-unsaturated/α-hetero) is 1. The van der Waals surface area contributed by atoms with Crippen molar-refractivity contribution in [3.05, 3.63) is 35.8 Å². The zero-order valence-corrected chi connectivity index (χ0v) is 8.32. The van der Waals surface area contributed by atoms with Crippen LogP contribution in [0.15, 0.2) is 24.5 Å². The van der Waals surface area contributed by atoms with Crippen LogP contribution >= 0.6 is 0 Å². The molecule has 14 heavy (non-hydrogen) atoms. The molecule has 0 aromatic carbocycles. The molecule has 0 radical (unpaired) electrons. The van der Waals surface area contributed by atoms with Crippen LogP contribution in [0.25, 0.3) is 5.65 Å². The van der Waals surface area contributed by atoms with Crippen LogP contribution in [-0.2, 0) is 0 Å². The number of nitrogens with zero attached hydrogens (tertiary/aromatic N) is 2. The van der Waals surface area contributed by atoms with Crippen LogP contribution in [0.3, 0.4) is 0 Å². The van der Waals surface area contributed by atoms with Gasteiger partial charge in [-0.15, -0.1) is 0 Å². The lowest BCUT2D eigenvalue weighted by molar-refractivity contribution is 0.0984. The van der Waals surface area contributed by atoms with E-state index in [1.807, 2.05) is 36.6 Å². The molecule has 72 valence electrons. The van der Waals surface area contributed by atoms with E-state index in [-0.39, 0.29) is 5.78 Å². The molecule has 2 aromatic heterocycles. The molecule has 3 heteroatoms. The fourth-order valence-electron chi connectivity index (χ4n) is 1.40. The number of pyridine rings is 1. The van der Waals surface area contributed by atoms with Crippen molar-refractivity contribution >= 4 is 11.4 Å². The zero-order valence-electron chi connectivity index (χ0n) is 8.32. The Labute approximate surface area is 82.4 Å². The number of fused-ring (bicyclic) bond motifs is 1. The minimum atomic E-state index is 0.0892. The molecule has 0 saturated heterocycles. The Bertz CT molecular complexity index is 485. The number of rotatable bonds is 2. The fourth-order valence-corrected chi connectivity index (χ4v) is 1.40. The molecule has 0 spiro atoms. The fraction of sp³-hybridized carbons (Fsp3) is 0.273. The van der Waals surface area contributed by atoms with Crippen LogP contribution in [0.5, 0.6) is 0 Å². The largest absolute Gasteiger partial charge is 0.306 e. The second-order valence-electron chi connectivity index (χ2n) is 3.37. The second-order valence-corrected chi connectivity index (χ2v) is 3.37. The summed E-state index contributed by atoms with van der Waals surface area (Å²) in [7, 11) is 0. The van der Waals surface area contributed by atoms with Crippen molar-refractivity contribution in [3.8, 4) is 0 Å². The van der Waals surface area contributed by atoms with Crippen molar-refractivity contribution in [1.82, 2.24) is 9.38 Å². The van der Waals surface area contributed by atoms with E-state index in [1.165, 1.54) is 0 Å². The molecule has 0 atom stereocenters. The number of aryl methyl sites for hydroxylation is 1. The molecule has 0 N–H and O–H groups in total. The first-order valence-electron chi connectivity index (χ1n) is 4.69. The van der Waals surface area contributed by atoms with Crippen molar-refractivity contribution in [1.29, 1.82) is 0 Å². The average Bonchev–Trinajstić information content (AvgIpc) is 2.59. The molecule has 2 aromatic rings. The zero-order chi connectivity index (χ0) is 10.1. The molecule has 0 unspecified atom stereocenters. The summed E-state index contributed by atoms with van der Waals surface area (Å²) in [5.74, 6) is 0.0892. The Morgan fingerprint density at radius 2 is 2.36 bits per heavy atom. The molecule has 2 heterocycles. The summed E-state index contributed by atoms with van der Waals surface area (Å²) in [6.45, 7) is 3.85. The number of carbonyl (C=O) groups is 1. The van der Waals surface area contributed by atoms with Crippen LogP contribution < -0.4 is 0 Å². The summed E-state index contributed by atoms with van der Waals surface area (Å²) in [5.41, 5.74) is 2.54. The first-order valence-corrected chi connectivity index (χ1v) is 4.69. The minimum absolute atomic E-state index is 0.0892. The highest BCUT2D eigenvalue weighted by molar-refractivity contribution is 5.94. The summed E-state index contributed by atoms with van der Waals surface area (Å²) < 4.78 is 1.87. The smallest absolute Gasteiger partial charge is 0.182 e. The van der Waals surface area contributed by atoms with Crippen molar-refractivity contribution in [3.63, 3.8) is 0 Å². The van der Waals surface area contributed by atoms with Gasteiger partial charge in [0, 0.05) is 18.8 Å². The summed E-state index contributed by atoms with van der Waals surface area (Å²) in [6.07, 6.45) is 4.20. The van der Waals surface area contributed by atoms with Crippen LogP contribution in [0, 0.1) is 6.92 Å². The number of ketones is 1. The van der Waals surface area contributed by atoms with Gasteiger partial charge >= 0.3 is 0 Å². The molecular formula is C11H12N2O. The normalized spacial score (nSPS) is 10.7. The van der Waals surface area contributed by atoms with Crippen molar-refractivity contribution in [2.45, 2.75) is 20.3 Å². The van der Waals surface area contributed by atoms with Crippen LogP contribution in [0.1, 0.15) is 29.4 Å². The topological polar surface area (TPSA) is 34.4 Å². The second kappa shape index (κ2) is 3.25. The minimum Gasteiger partial charge on any atom is -0.306 e. The summed E-state index contributed by atoms with van der Waals surface area (Å²) >= 11 is 0. The van der Waals surface area contributed by atoms with Gasteiger partial charge in [0.25, 0.3) is 0 Å². The van der Waals surface area contributed by atoms with Gasteiger partial charge in [0.2, 0.25) is 0 Å². The van der Waals surface area contributed by atoms with Crippen LogP contribution in [0.2, 0.25) is 0 Å².